The Labute approximate surface area is 144 Å². The van der Waals surface area contributed by atoms with E-state index in [1.54, 1.807) is 7.11 Å². The van der Waals surface area contributed by atoms with E-state index in [0.29, 0.717) is 6.61 Å². The second-order valence-electron chi connectivity index (χ2n) is 6.22. The summed E-state index contributed by atoms with van der Waals surface area (Å²) < 4.78 is 10.2. The van der Waals surface area contributed by atoms with E-state index >= 15 is 0 Å². The molecule has 134 valence electrons. The summed E-state index contributed by atoms with van der Waals surface area (Å²) in [5.41, 5.74) is 2.06. The lowest BCUT2D eigenvalue weighted by molar-refractivity contribution is -0.148. The number of aromatic nitrogens is 2. The highest BCUT2D eigenvalue weighted by Gasteiger charge is 2.26. The van der Waals surface area contributed by atoms with Gasteiger partial charge in [-0.2, -0.15) is 0 Å². The third-order valence-electron chi connectivity index (χ3n) is 4.49. The highest BCUT2D eigenvalue weighted by molar-refractivity contribution is 5.72. The van der Waals surface area contributed by atoms with Crippen LogP contribution in [0.1, 0.15) is 44.0 Å². The van der Waals surface area contributed by atoms with Gasteiger partial charge in [-0.25, -0.2) is 4.98 Å². The molecule has 0 saturated carbocycles. The van der Waals surface area contributed by atoms with Crippen LogP contribution in [0, 0.1) is 12.8 Å². The molecule has 1 fully saturated rings. The fraction of sp³-hybridized carbons (Fsp3) is 0.722. The molecule has 0 aliphatic carbocycles. The van der Waals surface area contributed by atoms with Crippen molar-refractivity contribution in [2.75, 3.05) is 38.3 Å². The number of unbranched alkanes of at least 4 members (excludes halogenated alkanes) is 1. The molecule has 1 aromatic heterocycles. The van der Waals surface area contributed by atoms with Crippen molar-refractivity contribution in [1.29, 1.82) is 0 Å². The zero-order valence-corrected chi connectivity index (χ0v) is 15.1. The minimum absolute atomic E-state index is 0.0214. The fourth-order valence-corrected chi connectivity index (χ4v) is 3.01. The van der Waals surface area contributed by atoms with Gasteiger partial charge in [0.25, 0.3) is 0 Å². The maximum absolute atomic E-state index is 11.8. The summed E-state index contributed by atoms with van der Waals surface area (Å²) in [5.74, 6) is 0.878. The molecular formula is C18H29N3O3. The smallest absolute Gasteiger partial charge is 0.309 e. The van der Waals surface area contributed by atoms with Crippen molar-refractivity contribution >= 4 is 11.8 Å². The molecule has 1 aliphatic rings. The Morgan fingerprint density at radius 2 is 2.08 bits per heavy atom. The number of hydrogen-bond acceptors (Lipinski definition) is 6. The molecule has 0 radical (unpaired) electrons. The molecule has 0 N–H and O–H groups in total. The molecule has 2 heterocycles. The summed E-state index contributed by atoms with van der Waals surface area (Å²) in [7, 11) is 1.73. The molecule has 24 heavy (non-hydrogen) atoms. The average Bonchev–Trinajstić information content (AvgIpc) is 2.60. The number of rotatable bonds is 8. The first-order chi connectivity index (χ1) is 11.7. The maximum atomic E-state index is 11.8. The van der Waals surface area contributed by atoms with Crippen LogP contribution in [0.15, 0.2) is 6.20 Å². The quantitative estimate of drug-likeness (QED) is 0.537. The van der Waals surface area contributed by atoms with E-state index in [0.717, 1.165) is 69.0 Å². The standard InChI is InChI=1S/C18H29N3O3/c1-4-24-18(22)15-8-10-21(11-9-15)17-13-19-14(2)16(20-17)7-5-6-12-23-3/h13,15H,4-12H2,1-3H3. The zero-order chi connectivity index (χ0) is 17.4. The molecule has 1 aliphatic heterocycles. The molecule has 0 spiro atoms. The van der Waals surface area contributed by atoms with E-state index in [2.05, 4.69) is 9.88 Å². The normalized spacial score (nSPS) is 15.5. The van der Waals surface area contributed by atoms with Gasteiger partial charge in [-0.15, -0.1) is 0 Å². The first-order valence-corrected chi connectivity index (χ1v) is 8.88. The van der Waals surface area contributed by atoms with Crippen molar-refractivity contribution in [1.82, 2.24) is 9.97 Å². The predicted molar refractivity (Wildman–Crippen MR) is 93.2 cm³/mol. The van der Waals surface area contributed by atoms with Crippen molar-refractivity contribution in [2.45, 2.75) is 46.0 Å². The molecule has 0 unspecified atom stereocenters. The summed E-state index contributed by atoms with van der Waals surface area (Å²) in [4.78, 5) is 23.4. The molecule has 1 aromatic rings. The van der Waals surface area contributed by atoms with E-state index in [4.69, 9.17) is 14.5 Å². The third kappa shape index (κ3) is 5.16. The molecular weight excluding hydrogens is 306 g/mol. The SMILES string of the molecule is CCOC(=O)C1CCN(c2cnc(C)c(CCCCOC)n2)CC1. The Kier molecular flexibility index (Phi) is 7.43. The van der Waals surface area contributed by atoms with Crippen LogP contribution in [0.3, 0.4) is 0 Å². The van der Waals surface area contributed by atoms with Gasteiger partial charge in [0, 0.05) is 26.8 Å². The lowest BCUT2D eigenvalue weighted by Crippen LogP contribution is -2.37. The lowest BCUT2D eigenvalue weighted by atomic mass is 9.97. The van der Waals surface area contributed by atoms with Gasteiger partial charge in [0.05, 0.1) is 30.1 Å². The van der Waals surface area contributed by atoms with Crippen LogP contribution in [0.4, 0.5) is 5.82 Å². The molecule has 1 saturated heterocycles. The van der Waals surface area contributed by atoms with Gasteiger partial charge in [-0.05, 0) is 46.0 Å². The number of hydrogen-bond donors (Lipinski definition) is 0. The van der Waals surface area contributed by atoms with Gasteiger partial charge in [0.15, 0.2) is 0 Å². The molecule has 6 heteroatoms. The highest BCUT2D eigenvalue weighted by atomic mass is 16.5. The van der Waals surface area contributed by atoms with Crippen LogP contribution in [0.2, 0.25) is 0 Å². The van der Waals surface area contributed by atoms with Crippen LogP contribution in [-0.4, -0.2) is 49.4 Å². The van der Waals surface area contributed by atoms with Crippen molar-refractivity contribution in [3.05, 3.63) is 17.6 Å². The minimum atomic E-state index is -0.0639. The van der Waals surface area contributed by atoms with Crippen molar-refractivity contribution < 1.29 is 14.3 Å². The topological polar surface area (TPSA) is 64.5 Å². The number of carbonyl (C=O) groups is 1. The number of nitrogens with zero attached hydrogens (tertiary/aromatic N) is 3. The van der Waals surface area contributed by atoms with Crippen molar-refractivity contribution in [2.24, 2.45) is 5.92 Å². The van der Waals surface area contributed by atoms with Gasteiger partial charge >= 0.3 is 5.97 Å². The van der Waals surface area contributed by atoms with Crippen LogP contribution >= 0.6 is 0 Å². The molecule has 0 bridgehead atoms. The summed E-state index contributed by atoms with van der Waals surface area (Å²) in [6.45, 7) is 6.75. The first kappa shape index (κ1) is 18.6. The second kappa shape index (κ2) is 9.57. The first-order valence-electron chi connectivity index (χ1n) is 8.88. The number of carbonyl (C=O) groups excluding carboxylic acids is 1. The van der Waals surface area contributed by atoms with Gasteiger partial charge < -0.3 is 14.4 Å². The van der Waals surface area contributed by atoms with Crippen molar-refractivity contribution in [3.8, 4) is 0 Å². The fourth-order valence-electron chi connectivity index (χ4n) is 3.01. The summed E-state index contributed by atoms with van der Waals surface area (Å²) in [6, 6.07) is 0. The van der Waals surface area contributed by atoms with Crippen molar-refractivity contribution in [3.63, 3.8) is 0 Å². The molecule has 0 amide bonds. The van der Waals surface area contributed by atoms with E-state index in [9.17, 15) is 4.79 Å². The predicted octanol–water partition coefficient (Wildman–Crippen LogP) is 2.53. The third-order valence-corrected chi connectivity index (χ3v) is 4.49. The second-order valence-corrected chi connectivity index (χ2v) is 6.22. The van der Waals surface area contributed by atoms with Crippen LogP contribution in [0.25, 0.3) is 0 Å². The van der Waals surface area contributed by atoms with Crippen LogP contribution in [0.5, 0.6) is 0 Å². The van der Waals surface area contributed by atoms with Crippen LogP contribution in [-0.2, 0) is 20.7 Å². The van der Waals surface area contributed by atoms with E-state index in [1.807, 2.05) is 20.0 Å². The van der Waals surface area contributed by atoms with Gasteiger partial charge in [0.2, 0.25) is 0 Å². The molecule has 0 atom stereocenters. The highest BCUT2D eigenvalue weighted by Crippen LogP contribution is 2.23. The van der Waals surface area contributed by atoms with E-state index in [1.165, 1.54) is 0 Å². The van der Waals surface area contributed by atoms with E-state index in [-0.39, 0.29) is 11.9 Å². The summed E-state index contributed by atoms with van der Waals surface area (Å²) in [6.07, 6.45) is 6.49. The Bertz CT molecular complexity index is 528. The number of aryl methyl sites for hydroxylation is 2. The Morgan fingerprint density at radius 3 is 2.75 bits per heavy atom. The summed E-state index contributed by atoms with van der Waals surface area (Å²) >= 11 is 0. The zero-order valence-electron chi connectivity index (χ0n) is 15.1. The largest absolute Gasteiger partial charge is 0.466 e. The molecule has 2 rings (SSSR count). The Hall–Kier alpha value is -1.69. The number of piperidine rings is 1. The number of methoxy groups -OCH3 is 1. The average molecular weight is 335 g/mol. The van der Waals surface area contributed by atoms with E-state index < -0.39 is 0 Å². The minimum Gasteiger partial charge on any atom is -0.466 e. The van der Waals surface area contributed by atoms with Crippen LogP contribution < -0.4 is 4.90 Å². The van der Waals surface area contributed by atoms with Gasteiger partial charge in [-0.3, -0.25) is 9.78 Å². The monoisotopic (exact) mass is 335 g/mol. The Balaban J connectivity index is 1.91. The molecule has 6 nitrogen and oxygen atoms in total. The molecule has 0 aromatic carbocycles. The number of anilines is 1. The maximum Gasteiger partial charge on any atom is 0.309 e. The Morgan fingerprint density at radius 1 is 1.33 bits per heavy atom. The number of esters is 1. The van der Waals surface area contributed by atoms with Gasteiger partial charge in [0.1, 0.15) is 5.82 Å². The summed E-state index contributed by atoms with van der Waals surface area (Å²) in [5, 5.41) is 0. The van der Waals surface area contributed by atoms with Gasteiger partial charge in [-0.1, -0.05) is 0 Å². The number of ether oxygens (including phenoxy) is 2. The lowest BCUT2D eigenvalue weighted by Gasteiger charge is -2.31.